The topological polar surface area (TPSA) is 44.7 Å². The molecular weight excluding hydrogens is 224 g/mol. The van der Waals surface area contributed by atoms with Gasteiger partial charge in [0.05, 0.1) is 17.1 Å². The van der Waals surface area contributed by atoms with Gasteiger partial charge in [0.25, 0.3) is 0 Å². The predicted molar refractivity (Wildman–Crippen MR) is 68.8 cm³/mol. The summed E-state index contributed by atoms with van der Waals surface area (Å²) in [5.41, 5.74) is 0. The van der Waals surface area contributed by atoms with E-state index in [-0.39, 0.29) is 18.8 Å². The molecule has 0 aromatic rings. The number of likely N-dealkylation sites (N-methyl/N-ethyl adjacent to an activating group) is 1. The number of nitrogens with zero attached hydrogens (tertiary/aromatic N) is 1. The summed E-state index contributed by atoms with van der Waals surface area (Å²) < 4.78 is 5.71. The second kappa shape index (κ2) is 7.17. The number of unbranched alkanes of at least 4 members (excludes halogenated alkanes) is 1. The Morgan fingerprint density at radius 2 is 2.25 bits per heavy atom. The summed E-state index contributed by atoms with van der Waals surface area (Å²) in [6.07, 6.45) is 2.97. The molecule has 4 nitrogen and oxygen atoms in total. The molecule has 1 aliphatic rings. The first-order chi connectivity index (χ1) is 7.65. The van der Waals surface area contributed by atoms with Crippen molar-refractivity contribution in [3.63, 3.8) is 0 Å². The Balaban J connectivity index is 2.17. The van der Waals surface area contributed by atoms with Crippen LogP contribution in [0, 0.1) is 0 Å². The zero-order valence-electron chi connectivity index (χ0n) is 10.1. The fourth-order valence-corrected chi connectivity index (χ4v) is 1.97. The van der Waals surface area contributed by atoms with Gasteiger partial charge in [-0.3, -0.25) is 0 Å². The lowest BCUT2D eigenvalue weighted by Crippen LogP contribution is -2.38. The molecule has 1 saturated heterocycles. The summed E-state index contributed by atoms with van der Waals surface area (Å²) in [7, 11) is 3.94. The molecule has 0 aliphatic carbocycles. The first-order valence-electron chi connectivity index (χ1n) is 5.82. The van der Waals surface area contributed by atoms with Crippen molar-refractivity contribution in [2.45, 2.75) is 31.4 Å². The minimum Gasteiger partial charge on any atom is -0.396 e. The second-order valence-electron chi connectivity index (χ2n) is 4.35. The van der Waals surface area contributed by atoms with Crippen LogP contribution < -0.4 is 5.32 Å². The molecule has 2 atom stereocenters. The summed E-state index contributed by atoms with van der Waals surface area (Å²) in [4.78, 5) is 2.92. The highest BCUT2D eigenvalue weighted by Crippen LogP contribution is 2.13. The molecule has 0 aromatic carbocycles. The highest BCUT2D eigenvalue weighted by Gasteiger charge is 2.28. The number of rotatable bonds is 6. The van der Waals surface area contributed by atoms with E-state index in [1.165, 1.54) is 0 Å². The van der Waals surface area contributed by atoms with Gasteiger partial charge in [-0.15, -0.1) is 0 Å². The van der Waals surface area contributed by atoms with Gasteiger partial charge in [0.15, 0.2) is 0 Å². The molecule has 1 aliphatic heterocycles. The van der Waals surface area contributed by atoms with E-state index in [1.807, 2.05) is 19.0 Å². The lowest BCUT2D eigenvalue weighted by Gasteiger charge is -2.19. The third-order valence-electron chi connectivity index (χ3n) is 2.74. The van der Waals surface area contributed by atoms with Gasteiger partial charge in [-0.2, -0.15) is 0 Å². The van der Waals surface area contributed by atoms with Gasteiger partial charge in [-0.25, -0.2) is 0 Å². The van der Waals surface area contributed by atoms with Crippen LogP contribution >= 0.6 is 12.2 Å². The maximum absolute atomic E-state index is 8.64. The van der Waals surface area contributed by atoms with E-state index < -0.39 is 0 Å². The van der Waals surface area contributed by atoms with E-state index in [0.29, 0.717) is 0 Å². The van der Waals surface area contributed by atoms with E-state index in [0.717, 1.165) is 37.4 Å². The van der Waals surface area contributed by atoms with E-state index in [2.05, 4.69) is 5.32 Å². The number of hydrogen-bond donors (Lipinski definition) is 2. The van der Waals surface area contributed by atoms with Gasteiger partial charge >= 0.3 is 0 Å². The average Bonchev–Trinajstić information content (AvgIpc) is 2.72. The van der Waals surface area contributed by atoms with Crippen LogP contribution in [0.15, 0.2) is 0 Å². The summed E-state index contributed by atoms with van der Waals surface area (Å²) in [5, 5.41) is 12.0. The SMILES string of the molecule is CN(C)C(=S)[C@@H]1C[C@@H](OCCCCO)CN1. The first kappa shape index (κ1) is 13.8. The fraction of sp³-hybridized carbons (Fsp3) is 0.909. The highest BCUT2D eigenvalue weighted by molar-refractivity contribution is 7.80. The van der Waals surface area contributed by atoms with E-state index in [9.17, 15) is 0 Å². The molecule has 5 heteroatoms. The Morgan fingerprint density at radius 1 is 1.50 bits per heavy atom. The van der Waals surface area contributed by atoms with Gasteiger partial charge in [0, 0.05) is 33.9 Å². The van der Waals surface area contributed by atoms with Crippen LogP contribution in [0.4, 0.5) is 0 Å². The fourth-order valence-electron chi connectivity index (χ4n) is 1.79. The number of hydrogen-bond acceptors (Lipinski definition) is 4. The van der Waals surface area contributed by atoms with Gasteiger partial charge < -0.3 is 20.1 Å². The summed E-state index contributed by atoms with van der Waals surface area (Å²) >= 11 is 5.32. The highest BCUT2D eigenvalue weighted by atomic mass is 32.1. The average molecular weight is 246 g/mol. The molecule has 1 heterocycles. The molecule has 0 radical (unpaired) electrons. The third kappa shape index (κ3) is 4.33. The first-order valence-corrected chi connectivity index (χ1v) is 6.23. The maximum Gasteiger partial charge on any atom is 0.0947 e. The Hall–Kier alpha value is -0.230. The van der Waals surface area contributed by atoms with Crippen molar-refractivity contribution in [3.05, 3.63) is 0 Å². The number of nitrogens with one attached hydrogen (secondary N) is 1. The number of ether oxygens (including phenoxy) is 1. The Kier molecular flexibility index (Phi) is 6.20. The van der Waals surface area contributed by atoms with E-state index >= 15 is 0 Å². The standard InChI is InChI=1S/C11H22N2O2S/c1-13(2)11(16)10-7-9(8-12-10)15-6-4-3-5-14/h9-10,12,14H,3-8H2,1-2H3/t9-,10+/m1/s1. The smallest absolute Gasteiger partial charge is 0.0947 e. The van der Waals surface area contributed by atoms with Gasteiger partial charge in [-0.05, 0) is 19.3 Å². The number of thiocarbonyl (C=S) groups is 1. The van der Waals surface area contributed by atoms with Crippen LogP contribution in [0.3, 0.4) is 0 Å². The molecule has 94 valence electrons. The lowest BCUT2D eigenvalue weighted by molar-refractivity contribution is 0.0612. The van der Waals surface area contributed by atoms with Crippen molar-refractivity contribution in [3.8, 4) is 0 Å². The summed E-state index contributed by atoms with van der Waals surface area (Å²) in [6.45, 7) is 1.85. The van der Waals surface area contributed by atoms with E-state index in [1.54, 1.807) is 0 Å². The maximum atomic E-state index is 8.64. The Morgan fingerprint density at radius 3 is 2.88 bits per heavy atom. The van der Waals surface area contributed by atoms with Crippen molar-refractivity contribution >= 4 is 17.2 Å². The summed E-state index contributed by atoms with van der Waals surface area (Å²) in [5.74, 6) is 0. The molecular formula is C11H22N2O2S. The molecule has 1 fully saturated rings. The van der Waals surface area contributed by atoms with Crippen LogP contribution in [0.5, 0.6) is 0 Å². The zero-order chi connectivity index (χ0) is 12.0. The van der Waals surface area contributed by atoms with E-state index in [4.69, 9.17) is 22.1 Å². The predicted octanol–water partition coefficient (Wildman–Crippen LogP) is 0.395. The van der Waals surface area contributed by atoms with Crippen molar-refractivity contribution < 1.29 is 9.84 Å². The molecule has 0 bridgehead atoms. The lowest BCUT2D eigenvalue weighted by atomic mass is 10.2. The van der Waals surface area contributed by atoms with Crippen molar-refractivity contribution in [1.29, 1.82) is 0 Å². The zero-order valence-corrected chi connectivity index (χ0v) is 10.9. The monoisotopic (exact) mass is 246 g/mol. The van der Waals surface area contributed by atoms with Crippen LogP contribution in [0.1, 0.15) is 19.3 Å². The van der Waals surface area contributed by atoms with Crippen LogP contribution in [-0.4, -0.2) is 61.0 Å². The number of aliphatic hydroxyl groups excluding tert-OH is 1. The Bertz CT molecular complexity index is 224. The molecule has 0 spiro atoms. The minimum atomic E-state index is 0.250. The normalized spacial score (nSPS) is 24.7. The largest absolute Gasteiger partial charge is 0.396 e. The quantitative estimate of drug-likeness (QED) is 0.524. The van der Waals surface area contributed by atoms with Gasteiger partial charge in [-0.1, -0.05) is 12.2 Å². The molecule has 2 N–H and O–H groups in total. The van der Waals surface area contributed by atoms with Crippen molar-refractivity contribution in [2.24, 2.45) is 0 Å². The molecule has 0 amide bonds. The van der Waals surface area contributed by atoms with Crippen LogP contribution in [0.2, 0.25) is 0 Å². The molecule has 0 unspecified atom stereocenters. The van der Waals surface area contributed by atoms with Gasteiger partial charge in [0.1, 0.15) is 0 Å². The second-order valence-corrected chi connectivity index (χ2v) is 4.77. The number of aliphatic hydroxyl groups is 1. The third-order valence-corrected chi connectivity index (χ3v) is 3.39. The van der Waals surface area contributed by atoms with Crippen LogP contribution in [0.25, 0.3) is 0 Å². The summed E-state index contributed by atoms with van der Waals surface area (Å²) in [6, 6.07) is 0.271. The van der Waals surface area contributed by atoms with Crippen molar-refractivity contribution in [2.75, 3.05) is 33.9 Å². The van der Waals surface area contributed by atoms with Crippen LogP contribution in [-0.2, 0) is 4.74 Å². The molecule has 0 saturated carbocycles. The van der Waals surface area contributed by atoms with Crippen molar-refractivity contribution in [1.82, 2.24) is 10.2 Å². The Labute approximate surface area is 103 Å². The molecule has 0 aromatic heterocycles. The van der Waals surface area contributed by atoms with Gasteiger partial charge in [0.2, 0.25) is 0 Å². The molecule has 16 heavy (non-hydrogen) atoms. The minimum absolute atomic E-state index is 0.250. The molecule has 1 rings (SSSR count).